The Balaban J connectivity index is 1.75. The summed E-state index contributed by atoms with van der Waals surface area (Å²) in [4.78, 5) is 6.82. The second kappa shape index (κ2) is 7.34. The van der Waals surface area contributed by atoms with E-state index >= 15 is 0 Å². The molecule has 0 amide bonds. The highest BCUT2D eigenvalue weighted by Crippen LogP contribution is 2.21. The maximum absolute atomic E-state index is 5.69. The monoisotopic (exact) mass is 263 g/mol. The third kappa shape index (κ3) is 4.71. The van der Waals surface area contributed by atoms with Gasteiger partial charge in [-0.3, -0.25) is 0 Å². The number of hydrogen-bond acceptors (Lipinski definition) is 4. The van der Waals surface area contributed by atoms with Gasteiger partial charge >= 0.3 is 0 Å². The van der Waals surface area contributed by atoms with Crippen molar-refractivity contribution >= 4 is 5.69 Å². The molecule has 2 rings (SSSR count). The zero-order valence-corrected chi connectivity index (χ0v) is 12.1. The van der Waals surface area contributed by atoms with E-state index in [0.717, 1.165) is 18.7 Å². The highest BCUT2D eigenvalue weighted by atomic mass is 16.5. The molecular formula is C15H25N3O. The molecule has 2 heterocycles. The first kappa shape index (κ1) is 14.1. The van der Waals surface area contributed by atoms with Gasteiger partial charge < -0.3 is 15.0 Å². The summed E-state index contributed by atoms with van der Waals surface area (Å²) in [7, 11) is 0. The van der Waals surface area contributed by atoms with Crippen molar-refractivity contribution in [3.05, 3.63) is 18.3 Å². The van der Waals surface area contributed by atoms with Crippen LogP contribution in [0.5, 0.6) is 5.88 Å². The van der Waals surface area contributed by atoms with Gasteiger partial charge in [-0.25, -0.2) is 4.98 Å². The standard InChI is InChI=1S/C15H25N3O/c1-13(2)19-15-14(7-5-8-17-15)16-9-6-12-18-10-3-4-11-18/h5,7-8,13,16H,3-4,6,9-12H2,1-2H3. The molecule has 1 aliphatic rings. The minimum atomic E-state index is 0.153. The number of rotatable bonds is 7. The topological polar surface area (TPSA) is 37.4 Å². The lowest BCUT2D eigenvalue weighted by atomic mass is 10.3. The first-order valence-corrected chi connectivity index (χ1v) is 7.33. The fourth-order valence-electron chi connectivity index (χ4n) is 2.37. The van der Waals surface area contributed by atoms with Crippen LogP contribution in [0.15, 0.2) is 18.3 Å². The molecule has 106 valence electrons. The van der Waals surface area contributed by atoms with Gasteiger partial charge in [0.2, 0.25) is 5.88 Å². The fraction of sp³-hybridized carbons (Fsp3) is 0.667. The molecule has 0 atom stereocenters. The minimum Gasteiger partial charge on any atom is -0.473 e. The summed E-state index contributed by atoms with van der Waals surface area (Å²) in [5, 5.41) is 3.43. The second-order valence-electron chi connectivity index (χ2n) is 5.35. The molecule has 0 aromatic carbocycles. The van der Waals surface area contributed by atoms with Crippen molar-refractivity contribution in [1.29, 1.82) is 0 Å². The largest absolute Gasteiger partial charge is 0.473 e. The first-order chi connectivity index (χ1) is 9.25. The highest BCUT2D eigenvalue weighted by molar-refractivity contribution is 5.51. The molecule has 1 fully saturated rings. The molecule has 1 aromatic heterocycles. The molecule has 0 spiro atoms. The van der Waals surface area contributed by atoms with Gasteiger partial charge in [-0.1, -0.05) is 0 Å². The van der Waals surface area contributed by atoms with Crippen LogP contribution in [0.2, 0.25) is 0 Å². The molecule has 1 N–H and O–H groups in total. The minimum absolute atomic E-state index is 0.153. The number of hydrogen-bond donors (Lipinski definition) is 1. The highest BCUT2D eigenvalue weighted by Gasteiger charge is 2.10. The summed E-state index contributed by atoms with van der Waals surface area (Å²) in [5.74, 6) is 0.707. The van der Waals surface area contributed by atoms with Gasteiger partial charge in [0.25, 0.3) is 0 Å². The predicted molar refractivity (Wildman–Crippen MR) is 78.8 cm³/mol. The van der Waals surface area contributed by atoms with Crippen LogP contribution in [0.25, 0.3) is 0 Å². The molecule has 1 aliphatic heterocycles. The molecule has 0 saturated carbocycles. The van der Waals surface area contributed by atoms with E-state index in [1.54, 1.807) is 6.20 Å². The van der Waals surface area contributed by atoms with Crippen molar-refractivity contribution < 1.29 is 4.74 Å². The lowest BCUT2D eigenvalue weighted by Gasteiger charge is -2.16. The summed E-state index contributed by atoms with van der Waals surface area (Å²) in [5.41, 5.74) is 0.998. The van der Waals surface area contributed by atoms with Crippen molar-refractivity contribution in [3.8, 4) is 5.88 Å². The van der Waals surface area contributed by atoms with Crippen LogP contribution >= 0.6 is 0 Å². The third-order valence-corrected chi connectivity index (χ3v) is 3.28. The van der Waals surface area contributed by atoms with E-state index in [4.69, 9.17) is 4.74 Å². The number of nitrogens with one attached hydrogen (secondary N) is 1. The average Bonchev–Trinajstić information content (AvgIpc) is 2.89. The lowest BCUT2D eigenvalue weighted by molar-refractivity contribution is 0.234. The smallest absolute Gasteiger partial charge is 0.237 e. The zero-order valence-electron chi connectivity index (χ0n) is 12.1. The van der Waals surface area contributed by atoms with Gasteiger partial charge in [0.1, 0.15) is 0 Å². The number of aromatic nitrogens is 1. The van der Waals surface area contributed by atoms with Crippen LogP contribution in [-0.4, -0.2) is 42.2 Å². The van der Waals surface area contributed by atoms with Crippen molar-refractivity contribution in [1.82, 2.24) is 9.88 Å². The quantitative estimate of drug-likeness (QED) is 0.768. The molecule has 0 bridgehead atoms. The van der Waals surface area contributed by atoms with E-state index in [2.05, 4.69) is 15.2 Å². The maximum atomic E-state index is 5.69. The Morgan fingerprint density at radius 1 is 1.37 bits per heavy atom. The molecule has 19 heavy (non-hydrogen) atoms. The third-order valence-electron chi connectivity index (χ3n) is 3.28. The summed E-state index contributed by atoms with van der Waals surface area (Å²) >= 11 is 0. The number of nitrogens with zero attached hydrogens (tertiary/aromatic N) is 2. The van der Waals surface area contributed by atoms with E-state index in [1.165, 1.54) is 32.5 Å². The SMILES string of the molecule is CC(C)Oc1ncccc1NCCCN1CCCC1. The van der Waals surface area contributed by atoms with Crippen molar-refractivity contribution in [2.45, 2.75) is 39.2 Å². The van der Waals surface area contributed by atoms with Crippen LogP contribution in [0.4, 0.5) is 5.69 Å². The summed E-state index contributed by atoms with van der Waals surface area (Å²) < 4.78 is 5.69. The van der Waals surface area contributed by atoms with Crippen LogP contribution in [0.1, 0.15) is 33.1 Å². The van der Waals surface area contributed by atoms with Gasteiger partial charge in [-0.15, -0.1) is 0 Å². The van der Waals surface area contributed by atoms with Crippen LogP contribution < -0.4 is 10.1 Å². The Morgan fingerprint density at radius 3 is 2.89 bits per heavy atom. The van der Waals surface area contributed by atoms with Gasteiger partial charge in [-0.05, 0) is 64.9 Å². The number of pyridine rings is 1. The maximum Gasteiger partial charge on any atom is 0.237 e. The summed E-state index contributed by atoms with van der Waals surface area (Å²) in [6, 6.07) is 3.97. The molecule has 4 heteroatoms. The Hall–Kier alpha value is -1.29. The van der Waals surface area contributed by atoms with Crippen molar-refractivity contribution in [2.75, 3.05) is 31.5 Å². The van der Waals surface area contributed by atoms with Crippen LogP contribution in [0.3, 0.4) is 0 Å². The van der Waals surface area contributed by atoms with Gasteiger partial charge in [0.15, 0.2) is 0 Å². The summed E-state index contributed by atoms with van der Waals surface area (Å²) in [6.45, 7) is 8.74. The molecule has 4 nitrogen and oxygen atoms in total. The molecule has 0 unspecified atom stereocenters. The Labute approximate surface area is 116 Å². The number of anilines is 1. The van der Waals surface area contributed by atoms with E-state index in [0.29, 0.717) is 5.88 Å². The molecule has 1 aromatic rings. The Bertz CT molecular complexity index is 375. The van der Waals surface area contributed by atoms with Gasteiger partial charge in [0, 0.05) is 12.7 Å². The van der Waals surface area contributed by atoms with Gasteiger partial charge in [0.05, 0.1) is 11.8 Å². The van der Waals surface area contributed by atoms with E-state index in [-0.39, 0.29) is 6.10 Å². The van der Waals surface area contributed by atoms with Crippen molar-refractivity contribution in [3.63, 3.8) is 0 Å². The zero-order chi connectivity index (χ0) is 13.5. The van der Waals surface area contributed by atoms with Crippen molar-refractivity contribution in [2.24, 2.45) is 0 Å². The van der Waals surface area contributed by atoms with Gasteiger partial charge in [-0.2, -0.15) is 0 Å². The molecule has 0 aliphatic carbocycles. The Kier molecular flexibility index (Phi) is 5.45. The lowest BCUT2D eigenvalue weighted by Crippen LogP contribution is -2.22. The van der Waals surface area contributed by atoms with E-state index in [1.807, 2.05) is 26.0 Å². The van der Waals surface area contributed by atoms with Crippen LogP contribution in [0, 0.1) is 0 Å². The summed E-state index contributed by atoms with van der Waals surface area (Å²) in [6.07, 6.45) is 5.81. The van der Waals surface area contributed by atoms with Crippen LogP contribution in [-0.2, 0) is 0 Å². The van der Waals surface area contributed by atoms with E-state index < -0.39 is 0 Å². The first-order valence-electron chi connectivity index (χ1n) is 7.33. The predicted octanol–water partition coefficient (Wildman–Crippen LogP) is 2.77. The average molecular weight is 263 g/mol. The number of likely N-dealkylation sites (tertiary alicyclic amines) is 1. The van der Waals surface area contributed by atoms with E-state index in [9.17, 15) is 0 Å². The number of ether oxygens (including phenoxy) is 1. The Morgan fingerprint density at radius 2 is 2.16 bits per heavy atom. The second-order valence-corrected chi connectivity index (χ2v) is 5.35. The molecule has 1 saturated heterocycles. The molecule has 0 radical (unpaired) electrons. The normalized spacial score (nSPS) is 15.9. The molecular weight excluding hydrogens is 238 g/mol. The fourth-order valence-corrected chi connectivity index (χ4v) is 2.37.